The average Bonchev–Trinajstić information content (AvgIpc) is 2.83. The third kappa shape index (κ3) is 4.65. The Hall–Kier alpha value is -4.30. The lowest BCUT2D eigenvalue weighted by molar-refractivity contribution is 0.327. The molecule has 1 aliphatic rings. The van der Waals surface area contributed by atoms with Crippen molar-refractivity contribution in [3.05, 3.63) is 71.5 Å². The van der Waals surface area contributed by atoms with Crippen LogP contribution in [0.3, 0.4) is 0 Å². The number of piperazine rings is 1. The van der Waals surface area contributed by atoms with Gasteiger partial charge in [0.1, 0.15) is 12.4 Å². The Morgan fingerprint density at radius 2 is 2.09 bits per heavy atom. The molecule has 0 saturated carbocycles. The van der Waals surface area contributed by atoms with E-state index in [1.54, 1.807) is 23.4 Å². The highest BCUT2D eigenvalue weighted by atomic mass is 19.1. The van der Waals surface area contributed by atoms with Gasteiger partial charge in [-0.15, -0.1) is 0 Å². The Morgan fingerprint density at radius 1 is 1.24 bits per heavy atom. The third-order valence-electron chi connectivity index (χ3n) is 5.29. The molecule has 4 rings (SSSR count). The van der Waals surface area contributed by atoms with Crippen molar-refractivity contribution in [2.75, 3.05) is 29.9 Å². The van der Waals surface area contributed by atoms with Gasteiger partial charge >= 0.3 is 0 Å². The van der Waals surface area contributed by atoms with Gasteiger partial charge in [-0.05, 0) is 30.7 Å². The van der Waals surface area contributed by atoms with Gasteiger partial charge in [0.25, 0.3) is 0 Å². The summed E-state index contributed by atoms with van der Waals surface area (Å²) in [5.74, 6) is 5.53. The number of hydrogen-bond acceptors (Lipinski definition) is 10. The summed E-state index contributed by atoms with van der Waals surface area (Å²) in [6.07, 6.45) is 6.03. The predicted octanol–water partition coefficient (Wildman–Crippen LogP) is 1.66. The minimum absolute atomic E-state index is 0.0563. The summed E-state index contributed by atoms with van der Waals surface area (Å²) in [6.45, 7) is 3.43. The zero-order chi connectivity index (χ0) is 23.4. The zero-order valence-corrected chi connectivity index (χ0v) is 18.0. The van der Waals surface area contributed by atoms with Gasteiger partial charge in [-0.3, -0.25) is 9.97 Å². The van der Waals surface area contributed by atoms with Crippen LogP contribution < -0.4 is 21.8 Å². The first-order valence-corrected chi connectivity index (χ1v) is 10.2. The van der Waals surface area contributed by atoms with E-state index in [1.807, 2.05) is 19.1 Å². The third-order valence-corrected chi connectivity index (χ3v) is 5.29. The number of nitrogens with two attached hydrogens (primary N) is 2. The molecular formula is C22H23FN10. The molecule has 0 spiro atoms. The van der Waals surface area contributed by atoms with Crippen LogP contribution in [0, 0.1) is 24.1 Å². The van der Waals surface area contributed by atoms with E-state index >= 15 is 4.39 Å². The number of anilines is 2. The van der Waals surface area contributed by atoms with E-state index < -0.39 is 5.82 Å². The van der Waals surface area contributed by atoms with Crippen LogP contribution in [0.1, 0.15) is 16.8 Å². The van der Waals surface area contributed by atoms with Crippen LogP contribution in [-0.2, 0) is 6.54 Å². The van der Waals surface area contributed by atoms with Crippen LogP contribution in [0.2, 0.25) is 0 Å². The van der Waals surface area contributed by atoms with Gasteiger partial charge in [0.2, 0.25) is 5.82 Å². The quantitative estimate of drug-likeness (QED) is 0.495. The van der Waals surface area contributed by atoms with E-state index in [2.05, 4.69) is 31.3 Å². The number of nitriles is 1. The molecule has 0 amide bonds. The number of aryl methyl sites for hydroxylation is 1. The van der Waals surface area contributed by atoms with Crippen molar-refractivity contribution in [1.82, 2.24) is 24.9 Å². The molecule has 3 aromatic heterocycles. The Morgan fingerprint density at radius 3 is 2.85 bits per heavy atom. The molecule has 11 heteroatoms. The smallest absolute Gasteiger partial charge is 0.207 e. The molecule has 0 aliphatic carbocycles. The van der Waals surface area contributed by atoms with E-state index in [9.17, 15) is 5.26 Å². The second-order valence-electron chi connectivity index (χ2n) is 7.52. The van der Waals surface area contributed by atoms with Crippen molar-refractivity contribution in [2.24, 2.45) is 11.6 Å². The van der Waals surface area contributed by atoms with Crippen molar-refractivity contribution in [3.8, 4) is 17.3 Å². The summed E-state index contributed by atoms with van der Waals surface area (Å²) in [5, 5.41) is 14.1. The lowest BCUT2D eigenvalue weighted by atomic mass is 10.1. The van der Waals surface area contributed by atoms with Gasteiger partial charge in [-0.25, -0.2) is 15.8 Å². The molecule has 10 nitrogen and oxygen atoms in total. The second-order valence-corrected chi connectivity index (χ2v) is 7.52. The largest absolute Gasteiger partial charge is 0.403 e. The fraction of sp³-hybridized carbons (Fsp3) is 0.227. The molecule has 0 aromatic carbocycles. The van der Waals surface area contributed by atoms with Crippen molar-refractivity contribution in [3.63, 3.8) is 0 Å². The van der Waals surface area contributed by atoms with Gasteiger partial charge in [0, 0.05) is 42.9 Å². The molecular weight excluding hydrogens is 423 g/mol. The highest BCUT2D eigenvalue weighted by Gasteiger charge is 2.24. The molecule has 0 atom stereocenters. The Labute approximate surface area is 190 Å². The minimum Gasteiger partial charge on any atom is -0.403 e. The molecule has 33 heavy (non-hydrogen) atoms. The predicted molar refractivity (Wildman–Crippen MR) is 122 cm³/mol. The summed E-state index contributed by atoms with van der Waals surface area (Å²) in [7, 11) is 0. The average molecular weight is 446 g/mol. The molecule has 0 bridgehead atoms. The highest BCUT2D eigenvalue weighted by molar-refractivity contribution is 5.66. The first-order valence-electron chi connectivity index (χ1n) is 10.2. The van der Waals surface area contributed by atoms with Crippen LogP contribution in [0.15, 0.2) is 48.8 Å². The zero-order valence-electron chi connectivity index (χ0n) is 18.0. The van der Waals surface area contributed by atoms with E-state index in [0.29, 0.717) is 42.2 Å². The maximum absolute atomic E-state index is 15.2. The summed E-state index contributed by atoms with van der Waals surface area (Å²) in [4.78, 5) is 18.5. The number of nitrogens with one attached hydrogen (secondary N) is 1. The van der Waals surface area contributed by atoms with Crippen molar-refractivity contribution >= 4 is 11.6 Å². The molecule has 1 saturated heterocycles. The number of hydrazine groups is 1. The van der Waals surface area contributed by atoms with E-state index in [1.165, 1.54) is 17.5 Å². The summed E-state index contributed by atoms with van der Waals surface area (Å²) in [5.41, 5.74) is 9.64. The second kappa shape index (κ2) is 9.46. The topological polar surface area (TPSA) is 146 Å². The molecule has 4 heterocycles. The van der Waals surface area contributed by atoms with Crippen LogP contribution in [0.4, 0.5) is 16.0 Å². The summed E-state index contributed by atoms with van der Waals surface area (Å²) >= 11 is 0. The molecule has 3 aromatic rings. The van der Waals surface area contributed by atoms with Crippen LogP contribution in [0.5, 0.6) is 0 Å². The van der Waals surface area contributed by atoms with Gasteiger partial charge in [0.15, 0.2) is 11.6 Å². The SMILES string of the molecule is Cc1cc(-c2ncc(CNc3ncnc(N4CCN(N)/C(=C\N)C4)c3F)cc2C#N)ccn1. The molecule has 0 unspecified atom stereocenters. The molecule has 1 aliphatic heterocycles. The number of rotatable bonds is 5. The summed E-state index contributed by atoms with van der Waals surface area (Å²) in [6, 6.07) is 7.59. The van der Waals surface area contributed by atoms with Crippen molar-refractivity contribution in [2.45, 2.75) is 13.5 Å². The monoisotopic (exact) mass is 446 g/mol. The normalized spacial score (nSPS) is 14.9. The lowest BCUT2D eigenvalue weighted by Crippen LogP contribution is -2.48. The molecule has 0 radical (unpaired) electrons. The van der Waals surface area contributed by atoms with E-state index in [0.717, 1.165) is 11.3 Å². The Kier molecular flexibility index (Phi) is 6.28. The first-order chi connectivity index (χ1) is 16.0. The number of halogens is 1. The number of hydrogen-bond donors (Lipinski definition) is 3. The molecule has 1 fully saturated rings. The van der Waals surface area contributed by atoms with Crippen LogP contribution >= 0.6 is 0 Å². The first kappa shape index (κ1) is 21.9. The van der Waals surface area contributed by atoms with Gasteiger partial charge in [-0.2, -0.15) is 9.65 Å². The van der Waals surface area contributed by atoms with Gasteiger partial charge < -0.3 is 21.0 Å². The highest BCUT2D eigenvalue weighted by Crippen LogP contribution is 2.25. The Bertz CT molecular complexity index is 1240. The van der Waals surface area contributed by atoms with E-state index in [-0.39, 0.29) is 18.2 Å². The summed E-state index contributed by atoms with van der Waals surface area (Å²) < 4.78 is 15.2. The van der Waals surface area contributed by atoms with Gasteiger partial charge in [-0.1, -0.05) is 0 Å². The van der Waals surface area contributed by atoms with Crippen molar-refractivity contribution < 1.29 is 4.39 Å². The Balaban J connectivity index is 1.52. The maximum atomic E-state index is 15.2. The lowest BCUT2D eigenvalue weighted by Gasteiger charge is -2.35. The standard InChI is InChI=1S/C22H23FN10/c1-14-6-16(2-3-27-14)20-17(8-24)7-15(10-28-20)11-29-21-19(23)22(31-13-30-21)32-4-5-33(26)18(9-25)12-32/h2-3,6-7,9-10,13H,4-5,11-12,25-26H2,1H3,(H,29,30,31)/b18-9-. The fourth-order valence-corrected chi connectivity index (χ4v) is 3.57. The van der Waals surface area contributed by atoms with Crippen molar-refractivity contribution in [1.29, 1.82) is 5.26 Å². The van der Waals surface area contributed by atoms with E-state index in [4.69, 9.17) is 11.6 Å². The number of nitrogens with zero attached hydrogens (tertiary/aromatic N) is 7. The van der Waals surface area contributed by atoms with Crippen LogP contribution in [0.25, 0.3) is 11.3 Å². The number of pyridine rings is 2. The van der Waals surface area contributed by atoms with Crippen LogP contribution in [-0.4, -0.2) is 44.6 Å². The molecule has 168 valence electrons. The van der Waals surface area contributed by atoms with Gasteiger partial charge in [0.05, 0.1) is 30.0 Å². The maximum Gasteiger partial charge on any atom is 0.207 e. The number of aromatic nitrogens is 4. The minimum atomic E-state index is -0.573. The fourth-order valence-electron chi connectivity index (χ4n) is 3.57. The molecule has 5 N–H and O–H groups in total.